The van der Waals surface area contributed by atoms with Gasteiger partial charge in [-0.05, 0) is 41.7 Å². The first-order valence-corrected chi connectivity index (χ1v) is 12.5. The van der Waals surface area contributed by atoms with Crippen LogP contribution in [0, 0.1) is 5.82 Å². The van der Waals surface area contributed by atoms with Crippen molar-refractivity contribution in [3.63, 3.8) is 0 Å². The first-order chi connectivity index (χ1) is 19.2. The molecule has 5 N–H and O–H groups in total. The number of halogens is 5. The summed E-state index contributed by atoms with van der Waals surface area (Å²) >= 11 is 6.22. The minimum absolute atomic E-state index is 0.00753. The number of nitrogens with zero attached hydrogens (tertiary/aromatic N) is 2. The van der Waals surface area contributed by atoms with Gasteiger partial charge in [0.25, 0.3) is 5.91 Å². The first kappa shape index (κ1) is 29.5. The van der Waals surface area contributed by atoms with Crippen LogP contribution in [0.3, 0.4) is 0 Å². The van der Waals surface area contributed by atoms with Gasteiger partial charge in [0, 0.05) is 18.4 Å². The molecule has 2 heterocycles. The molecule has 0 aliphatic carbocycles. The maximum Gasteiger partial charge on any atom is 0.471 e. The van der Waals surface area contributed by atoms with E-state index in [1.54, 1.807) is 31.3 Å². The number of carbonyl (C=O) groups is 3. The molecule has 10 nitrogen and oxygen atoms in total. The van der Waals surface area contributed by atoms with E-state index in [-0.39, 0.29) is 34.5 Å². The third-order valence-corrected chi connectivity index (χ3v) is 6.61. The van der Waals surface area contributed by atoms with E-state index in [0.29, 0.717) is 16.9 Å². The number of aromatic nitrogens is 2. The van der Waals surface area contributed by atoms with Crippen molar-refractivity contribution in [2.24, 2.45) is 0 Å². The van der Waals surface area contributed by atoms with E-state index in [1.807, 2.05) is 0 Å². The maximum absolute atomic E-state index is 14.6. The molecule has 3 amide bonds. The number of nitrogens with one attached hydrogen (secondary N) is 5. The fourth-order valence-corrected chi connectivity index (χ4v) is 4.48. The van der Waals surface area contributed by atoms with Gasteiger partial charge in [0.2, 0.25) is 11.9 Å². The summed E-state index contributed by atoms with van der Waals surface area (Å²) in [7, 11) is 1.40. The van der Waals surface area contributed by atoms with Crippen LogP contribution in [0.25, 0.3) is 0 Å². The monoisotopic (exact) mass is 593 g/mol. The number of alkyl halides is 3. The number of benzene rings is 2. The fraction of sp³-hybridized carbons (Fsp3) is 0.269. The van der Waals surface area contributed by atoms with E-state index in [1.165, 1.54) is 31.4 Å². The van der Waals surface area contributed by atoms with Gasteiger partial charge in [-0.2, -0.15) is 18.2 Å². The fourth-order valence-electron chi connectivity index (χ4n) is 4.34. The molecule has 1 aromatic heterocycles. The summed E-state index contributed by atoms with van der Waals surface area (Å²) < 4.78 is 53.0. The summed E-state index contributed by atoms with van der Waals surface area (Å²) in [5, 5.41) is 12.5. The van der Waals surface area contributed by atoms with Crippen LogP contribution in [0.4, 0.5) is 46.4 Å². The molecule has 1 aliphatic rings. The molecule has 0 unspecified atom stereocenters. The second-order valence-electron chi connectivity index (χ2n) is 9.74. The number of para-hydroxylation sites is 1. The van der Waals surface area contributed by atoms with E-state index >= 15 is 0 Å². The number of fused-ring (bicyclic) bond motifs is 1. The Kier molecular flexibility index (Phi) is 8.06. The van der Waals surface area contributed by atoms with Gasteiger partial charge in [-0.15, -0.1) is 0 Å². The van der Waals surface area contributed by atoms with E-state index in [2.05, 4.69) is 31.2 Å². The molecule has 216 valence electrons. The SMILES string of the molecule is CNC(=O)c1cccc(F)c1Nc1nc(Nc2ccc3c(c2)NC(=O)[C@@H](NC(=O)C(F)(F)F)CC3(C)C)ncc1Cl. The third kappa shape index (κ3) is 6.48. The predicted molar refractivity (Wildman–Crippen MR) is 144 cm³/mol. The predicted octanol–water partition coefficient (Wildman–Crippen LogP) is 4.78. The lowest BCUT2D eigenvalue weighted by Crippen LogP contribution is -2.49. The molecule has 41 heavy (non-hydrogen) atoms. The van der Waals surface area contributed by atoms with Crippen LogP contribution >= 0.6 is 11.6 Å². The molecule has 0 radical (unpaired) electrons. The summed E-state index contributed by atoms with van der Waals surface area (Å²) in [5.74, 6) is -4.26. The second-order valence-corrected chi connectivity index (χ2v) is 10.2. The number of hydrogen-bond acceptors (Lipinski definition) is 7. The molecule has 0 saturated heterocycles. The average Bonchev–Trinajstić information content (AvgIpc) is 2.98. The van der Waals surface area contributed by atoms with Crippen molar-refractivity contribution >= 4 is 58.2 Å². The van der Waals surface area contributed by atoms with Crippen LogP contribution < -0.4 is 26.6 Å². The Balaban J connectivity index is 1.59. The Hall–Kier alpha value is -4.46. The summed E-state index contributed by atoms with van der Waals surface area (Å²) in [6.45, 7) is 3.48. The van der Waals surface area contributed by atoms with Crippen molar-refractivity contribution in [3.8, 4) is 0 Å². The van der Waals surface area contributed by atoms with Crippen molar-refractivity contribution in [2.75, 3.05) is 23.0 Å². The van der Waals surface area contributed by atoms with Crippen LogP contribution in [-0.4, -0.2) is 47.0 Å². The zero-order valence-corrected chi connectivity index (χ0v) is 22.6. The van der Waals surface area contributed by atoms with Gasteiger partial charge in [-0.1, -0.05) is 37.6 Å². The lowest BCUT2D eigenvalue weighted by Gasteiger charge is -2.27. The molecule has 1 atom stereocenters. The molecule has 0 spiro atoms. The molecular weight excluding hydrogens is 570 g/mol. The normalized spacial score (nSPS) is 16.1. The van der Waals surface area contributed by atoms with Crippen LogP contribution in [0.15, 0.2) is 42.6 Å². The third-order valence-electron chi connectivity index (χ3n) is 6.33. The summed E-state index contributed by atoms with van der Waals surface area (Å²) in [6.07, 6.45) is -3.96. The van der Waals surface area contributed by atoms with Crippen LogP contribution in [0.2, 0.25) is 5.02 Å². The van der Waals surface area contributed by atoms with E-state index < -0.39 is 41.2 Å². The molecular formula is C26H24ClF4N7O3. The molecule has 0 saturated carbocycles. The molecule has 1 aliphatic heterocycles. The summed E-state index contributed by atoms with van der Waals surface area (Å²) in [5.41, 5.74) is 0.393. The number of rotatable bonds is 6. The van der Waals surface area contributed by atoms with Crippen LogP contribution in [0.5, 0.6) is 0 Å². The zero-order chi connectivity index (χ0) is 30.1. The van der Waals surface area contributed by atoms with E-state index in [0.717, 1.165) is 6.07 Å². The van der Waals surface area contributed by atoms with Crippen molar-refractivity contribution in [1.82, 2.24) is 20.6 Å². The molecule has 4 rings (SSSR count). The average molecular weight is 594 g/mol. The number of hydrogen-bond donors (Lipinski definition) is 5. The van der Waals surface area contributed by atoms with Gasteiger partial charge >= 0.3 is 12.1 Å². The topological polar surface area (TPSA) is 137 Å². The molecule has 15 heteroatoms. The number of amides is 3. The first-order valence-electron chi connectivity index (χ1n) is 12.1. The van der Waals surface area contributed by atoms with Crippen molar-refractivity contribution < 1.29 is 31.9 Å². The highest BCUT2D eigenvalue weighted by Gasteiger charge is 2.43. The van der Waals surface area contributed by atoms with E-state index in [9.17, 15) is 31.9 Å². The standard InChI is InChI=1S/C26H24ClF4N7O3/c1-25(2)10-18(36-23(41)26(29,30)31)22(40)35-17-9-12(7-8-14(17)25)34-24-33-11-15(27)20(38-24)37-19-13(21(39)32-3)5-4-6-16(19)28/h4-9,11,18H,10H2,1-3H3,(H,32,39)(H,35,40)(H,36,41)(H2,33,34,37,38)/t18-/m0/s1. The Labute approximate surface area is 236 Å². The smallest absolute Gasteiger partial charge is 0.355 e. The highest BCUT2D eigenvalue weighted by molar-refractivity contribution is 6.33. The van der Waals surface area contributed by atoms with Gasteiger partial charge in [-0.25, -0.2) is 9.37 Å². The minimum atomic E-state index is -5.14. The lowest BCUT2D eigenvalue weighted by molar-refractivity contribution is -0.174. The van der Waals surface area contributed by atoms with Crippen LogP contribution in [-0.2, 0) is 15.0 Å². The summed E-state index contributed by atoms with van der Waals surface area (Å²) in [6, 6.07) is 7.40. The second kappa shape index (κ2) is 11.2. The van der Waals surface area contributed by atoms with Gasteiger partial charge < -0.3 is 26.6 Å². The van der Waals surface area contributed by atoms with E-state index in [4.69, 9.17) is 11.6 Å². The van der Waals surface area contributed by atoms with Crippen molar-refractivity contribution in [2.45, 2.75) is 37.9 Å². The Bertz CT molecular complexity index is 1530. The maximum atomic E-state index is 14.6. The number of anilines is 5. The highest BCUT2D eigenvalue weighted by Crippen LogP contribution is 2.39. The number of carbonyl (C=O) groups excluding carboxylic acids is 3. The van der Waals surface area contributed by atoms with Gasteiger partial charge in [-0.3, -0.25) is 14.4 Å². The van der Waals surface area contributed by atoms with Gasteiger partial charge in [0.15, 0.2) is 5.82 Å². The minimum Gasteiger partial charge on any atom is -0.355 e. The molecule has 2 aromatic carbocycles. The largest absolute Gasteiger partial charge is 0.471 e. The molecule has 0 bridgehead atoms. The lowest BCUT2D eigenvalue weighted by atomic mass is 9.79. The Morgan fingerprint density at radius 3 is 2.56 bits per heavy atom. The zero-order valence-electron chi connectivity index (χ0n) is 21.8. The molecule has 3 aromatic rings. The van der Waals surface area contributed by atoms with Gasteiger partial charge in [0.1, 0.15) is 16.9 Å². The molecule has 0 fully saturated rings. The van der Waals surface area contributed by atoms with Crippen LogP contribution in [0.1, 0.15) is 36.2 Å². The highest BCUT2D eigenvalue weighted by atomic mass is 35.5. The quantitative estimate of drug-likeness (QED) is 0.259. The summed E-state index contributed by atoms with van der Waals surface area (Å²) in [4.78, 5) is 44.8. The van der Waals surface area contributed by atoms with Crippen molar-refractivity contribution in [3.05, 3.63) is 64.6 Å². The Morgan fingerprint density at radius 1 is 1.15 bits per heavy atom. The van der Waals surface area contributed by atoms with Gasteiger partial charge in [0.05, 0.1) is 17.4 Å². The Morgan fingerprint density at radius 2 is 1.88 bits per heavy atom. The van der Waals surface area contributed by atoms with Crippen molar-refractivity contribution in [1.29, 1.82) is 0 Å².